The van der Waals surface area contributed by atoms with Gasteiger partial charge in [-0.2, -0.15) is 0 Å². The Morgan fingerprint density at radius 3 is 2.57 bits per heavy atom. The molecule has 172 valence electrons. The molecule has 0 bridgehead atoms. The highest BCUT2D eigenvalue weighted by Gasteiger charge is 2.17. The van der Waals surface area contributed by atoms with E-state index in [-0.39, 0.29) is 16.7 Å². The maximum absolute atomic E-state index is 13.6. The van der Waals surface area contributed by atoms with Crippen LogP contribution in [0.5, 0.6) is 0 Å². The second kappa shape index (κ2) is 8.25. The summed E-state index contributed by atoms with van der Waals surface area (Å²) in [5.74, 6) is 0.800. The Hall–Kier alpha value is -4.17. The molecule has 0 aliphatic carbocycles. The lowest BCUT2D eigenvalue weighted by Gasteiger charge is -2.15. The molecule has 0 radical (unpaired) electrons. The maximum Gasteiger partial charge on any atom is 0.294 e. The molecule has 0 atom stereocenters. The van der Waals surface area contributed by atoms with E-state index in [1.807, 2.05) is 74.5 Å². The first-order valence-electron chi connectivity index (χ1n) is 11.1. The van der Waals surface area contributed by atoms with Gasteiger partial charge in [0.2, 0.25) is 5.58 Å². The number of rotatable bonds is 4. The van der Waals surface area contributed by atoms with Crippen molar-refractivity contribution in [2.45, 2.75) is 24.8 Å². The SMILES string of the molecule is Cc1ccc(C)c(-n2c(SCc3nc4c(oc5ccccc54)c(=O)[nH]3)nc3ccccc3c2=O)c1. The first kappa shape index (κ1) is 21.4. The van der Waals surface area contributed by atoms with E-state index in [0.29, 0.717) is 38.7 Å². The molecule has 7 nitrogen and oxygen atoms in total. The minimum Gasteiger partial charge on any atom is -0.449 e. The molecule has 0 fully saturated rings. The predicted molar refractivity (Wildman–Crippen MR) is 139 cm³/mol. The van der Waals surface area contributed by atoms with Gasteiger partial charge in [0.25, 0.3) is 11.1 Å². The molecule has 0 saturated heterocycles. The summed E-state index contributed by atoms with van der Waals surface area (Å²) in [4.78, 5) is 38.6. The summed E-state index contributed by atoms with van der Waals surface area (Å²) >= 11 is 1.35. The van der Waals surface area contributed by atoms with Crippen LogP contribution < -0.4 is 11.1 Å². The van der Waals surface area contributed by atoms with E-state index in [1.165, 1.54) is 11.8 Å². The van der Waals surface area contributed by atoms with Crippen LogP contribution in [0.25, 0.3) is 38.7 Å². The van der Waals surface area contributed by atoms with E-state index in [2.05, 4.69) is 9.97 Å². The Morgan fingerprint density at radius 1 is 0.943 bits per heavy atom. The van der Waals surface area contributed by atoms with Crippen LogP contribution >= 0.6 is 11.8 Å². The molecule has 0 unspecified atom stereocenters. The summed E-state index contributed by atoms with van der Waals surface area (Å²) < 4.78 is 7.35. The molecule has 1 N–H and O–H groups in total. The average Bonchev–Trinajstić information content (AvgIpc) is 3.24. The number of furan rings is 1. The van der Waals surface area contributed by atoms with Crippen molar-refractivity contribution >= 4 is 44.7 Å². The van der Waals surface area contributed by atoms with Gasteiger partial charge in [-0.3, -0.25) is 14.2 Å². The number of aromatic amines is 1. The zero-order valence-corrected chi connectivity index (χ0v) is 19.8. The zero-order chi connectivity index (χ0) is 24.1. The first-order chi connectivity index (χ1) is 17.0. The molecule has 0 saturated carbocycles. The molecule has 0 amide bonds. The van der Waals surface area contributed by atoms with Gasteiger partial charge in [0.05, 0.1) is 22.3 Å². The van der Waals surface area contributed by atoms with Crippen LogP contribution in [-0.4, -0.2) is 19.5 Å². The van der Waals surface area contributed by atoms with Gasteiger partial charge in [-0.25, -0.2) is 9.97 Å². The quantitative estimate of drug-likeness (QED) is 0.273. The van der Waals surface area contributed by atoms with E-state index in [0.717, 1.165) is 22.2 Å². The largest absolute Gasteiger partial charge is 0.449 e. The normalized spacial score (nSPS) is 11.6. The van der Waals surface area contributed by atoms with Gasteiger partial charge in [-0.15, -0.1) is 0 Å². The van der Waals surface area contributed by atoms with Crippen LogP contribution in [0.15, 0.2) is 85.9 Å². The molecule has 6 aromatic rings. The fourth-order valence-corrected chi connectivity index (χ4v) is 5.11. The number of para-hydroxylation sites is 2. The van der Waals surface area contributed by atoms with E-state index in [1.54, 1.807) is 10.6 Å². The molecule has 0 spiro atoms. The average molecular weight is 481 g/mol. The van der Waals surface area contributed by atoms with Crippen LogP contribution in [-0.2, 0) is 5.75 Å². The van der Waals surface area contributed by atoms with E-state index < -0.39 is 0 Å². The lowest BCUT2D eigenvalue weighted by atomic mass is 10.1. The molecule has 3 aromatic carbocycles. The Bertz CT molecular complexity index is 1880. The number of fused-ring (bicyclic) bond motifs is 4. The Balaban J connectivity index is 1.49. The minimum absolute atomic E-state index is 0.135. The summed E-state index contributed by atoms with van der Waals surface area (Å²) in [5, 5.41) is 1.87. The van der Waals surface area contributed by atoms with Crippen LogP contribution in [0.1, 0.15) is 17.0 Å². The van der Waals surface area contributed by atoms with Gasteiger partial charge in [-0.05, 0) is 55.3 Å². The van der Waals surface area contributed by atoms with Crippen LogP contribution in [0.3, 0.4) is 0 Å². The molecule has 8 heteroatoms. The second-order valence-corrected chi connectivity index (χ2v) is 9.36. The third-order valence-corrected chi connectivity index (χ3v) is 6.92. The predicted octanol–water partition coefficient (Wildman–Crippen LogP) is 5.28. The van der Waals surface area contributed by atoms with Crippen LogP contribution in [0.4, 0.5) is 0 Å². The lowest BCUT2D eigenvalue weighted by molar-refractivity contribution is 0.660. The van der Waals surface area contributed by atoms with E-state index in [9.17, 15) is 9.59 Å². The molecule has 6 rings (SSSR count). The number of hydrogen-bond acceptors (Lipinski definition) is 6. The second-order valence-electron chi connectivity index (χ2n) is 8.42. The topological polar surface area (TPSA) is 93.8 Å². The number of H-pyrrole nitrogens is 1. The van der Waals surface area contributed by atoms with Crippen molar-refractivity contribution in [1.82, 2.24) is 19.5 Å². The van der Waals surface area contributed by atoms with Crippen LogP contribution in [0.2, 0.25) is 0 Å². The van der Waals surface area contributed by atoms with Gasteiger partial charge in [0.15, 0.2) is 5.16 Å². The number of benzene rings is 3. The molecule has 0 aliphatic rings. The molecule has 3 aromatic heterocycles. The zero-order valence-electron chi connectivity index (χ0n) is 19.0. The number of aromatic nitrogens is 4. The Morgan fingerprint density at radius 2 is 1.71 bits per heavy atom. The van der Waals surface area contributed by atoms with Crippen molar-refractivity contribution in [3.63, 3.8) is 0 Å². The van der Waals surface area contributed by atoms with Crippen molar-refractivity contribution in [1.29, 1.82) is 0 Å². The summed E-state index contributed by atoms with van der Waals surface area (Å²) in [5.41, 5.74) is 4.30. The number of hydrogen-bond donors (Lipinski definition) is 1. The molecule has 3 heterocycles. The van der Waals surface area contributed by atoms with Gasteiger partial charge in [0, 0.05) is 5.39 Å². The molecule has 35 heavy (non-hydrogen) atoms. The standard InChI is InChI=1S/C27H20N4O3S/c1-15-11-12-16(2)20(13-15)31-26(33)17-7-3-5-9-19(17)28-27(31)35-14-22-29-23-18-8-4-6-10-21(18)34-24(23)25(32)30-22/h3-13H,14H2,1-2H3,(H,29,30,32). The number of aryl methyl sites for hydroxylation is 2. The number of nitrogens with zero attached hydrogens (tertiary/aromatic N) is 3. The number of thioether (sulfide) groups is 1. The van der Waals surface area contributed by atoms with Gasteiger partial charge in [0.1, 0.15) is 16.9 Å². The molecular formula is C27H20N4O3S. The Kier molecular flexibility index (Phi) is 5.04. The third kappa shape index (κ3) is 3.63. The van der Waals surface area contributed by atoms with E-state index >= 15 is 0 Å². The highest BCUT2D eigenvalue weighted by Crippen LogP contribution is 2.28. The monoisotopic (exact) mass is 480 g/mol. The third-order valence-electron chi connectivity index (χ3n) is 5.97. The van der Waals surface area contributed by atoms with Crippen molar-refractivity contribution in [2.75, 3.05) is 0 Å². The van der Waals surface area contributed by atoms with Gasteiger partial charge >= 0.3 is 0 Å². The van der Waals surface area contributed by atoms with Crippen molar-refractivity contribution in [3.05, 3.63) is 104 Å². The minimum atomic E-state index is -0.333. The molecule has 0 aliphatic heterocycles. The van der Waals surface area contributed by atoms with Crippen molar-refractivity contribution < 1.29 is 4.42 Å². The van der Waals surface area contributed by atoms with Crippen LogP contribution in [0, 0.1) is 13.8 Å². The van der Waals surface area contributed by atoms with E-state index in [4.69, 9.17) is 9.40 Å². The number of nitrogens with one attached hydrogen (secondary N) is 1. The highest BCUT2D eigenvalue weighted by molar-refractivity contribution is 7.98. The summed E-state index contributed by atoms with van der Waals surface area (Å²) in [6.07, 6.45) is 0. The smallest absolute Gasteiger partial charge is 0.294 e. The highest BCUT2D eigenvalue weighted by atomic mass is 32.2. The Labute approximate surface area is 203 Å². The van der Waals surface area contributed by atoms with Gasteiger partial charge in [-0.1, -0.05) is 48.2 Å². The summed E-state index contributed by atoms with van der Waals surface area (Å²) in [7, 11) is 0. The first-order valence-corrected chi connectivity index (χ1v) is 12.1. The maximum atomic E-state index is 13.6. The fraction of sp³-hybridized carbons (Fsp3) is 0.111. The van der Waals surface area contributed by atoms with Crippen molar-refractivity contribution in [3.8, 4) is 5.69 Å². The van der Waals surface area contributed by atoms with Gasteiger partial charge < -0.3 is 9.40 Å². The summed E-state index contributed by atoms with van der Waals surface area (Å²) in [6, 6.07) is 20.8. The van der Waals surface area contributed by atoms with Crippen molar-refractivity contribution in [2.24, 2.45) is 0 Å². The fourth-order valence-electron chi connectivity index (χ4n) is 4.23. The lowest BCUT2D eigenvalue weighted by Crippen LogP contribution is -2.22. The molecular weight excluding hydrogens is 460 g/mol. The summed E-state index contributed by atoms with van der Waals surface area (Å²) in [6.45, 7) is 3.97.